The predicted octanol–water partition coefficient (Wildman–Crippen LogP) is 6.77. The van der Waals surface area contributed by atoms with Crippen LogP contribution in [0, 0.1) is 5.41 Å². The van der Waals surface area contributed by atoms with E-state index in [1.807, 2.05) is 83.8 Å². The van der Waals surface area contributed by atoms with Crippen LogP contribution in [0.3, 0.4) is 0 Å². The number of fused-ring (bicyclic) bond motifs is 5. The van der Waals surface area contributed by atoms with Crippen molar-refractivity contribution in [2.24, 2.45) is 5.41 Å². The van der Waals surface area contributed by atoms with Crippen molar-refractivity contribution in [3.05, 3.63) is 141 Å². The molecule has 38 heavy (non-hydrogen) atoms. The minimum absolute atomic E-state index is 0.109. The molecule has 1 aliphatic carbocycles. The van der Waals surface area contributed by atoms with Gasteiger partial charge in [-0.1, -0.05) is 113 Å². The number of carbonyl (C=O) groups is 3. The summed E-state index contributed by atoms with van der Waals surface area (Å²) in [7, 11) is 0. The van der Waals surface area contributed by atoms with Crippen LogP contribution in [0.15, 0.2) is 114 Å². The molecule has 2 aliphatic heterocycles. The molecule has 4 nitrogen and oxygen atoms in total. The molecule has 4 aromatic rings. The van der Waals surface area contributed by atoms with Gasteiger partial charge in [-0.2, -0.15) is 0 Å². The van der Waals surface area contributed by atoms with Gasteiger partial charge < -0.3 is 4.90 Å². The van der Waals surface area contributed by atoms with Crippen LogP contribution in [0.25, 0.3) is 6.08 Å². The lowest BCUT2D eigenvalue weighted by Gasteiger charge is -2.37. The van der Waals surface area contributed by atoms with E-state index < -0.39 is 23.4 Å². The highest BCUT2D eigenvalue weighted by molar-refractivity contribution is 9.10. The maximum absolute atomic E-state index is 14.6. The Hall–Kier alpha value is -4.09. The molecule has 0 aromatic heterocycles. The van der Waals surface area contributed by atoms with E-state index in [0.29, 0.717) is 16.7 Å². The molecule has 0 radical (unpaired) electrons. The first-order valence-electron chi connectivity index (χ1n) is 12.6. The number of para-hydroxylation sites is 1. The van der Waals surface area contributed by atoms with Crippen LogP contribution in [0.2, 0.25) is 0 Å². The number of carbonyl (C=O) groups excluding carboxylic acids is 3. The van der Waals surface area contributed by atoms with Gasteiger partial charge in [0.25, 0.3) is 0 Å². The fraction of sp³-hybridized carbons (Fsp3) is 0.121. The lowest BCUT2D eigenvalue weighted by Crippen LogP contribution is -2.48. The van der Waals surface area contributed by atoms with Crippen molar-refractivity contribution in [3.8, 4) is 0 Å². The van der Waals surface area contributed by atoms with Crippen molar-refractivity contribution in [1.29, 1.82) is 0 Å². The highest BCUT2D eigenvalue weighted by Crippen LogP contribution is 2.61. The first kappa shape index (κ1) is 23.1. The Morgan fingerprint density at radius 3 is 2.03 bits per heavy atom. The van der Waals surface area contributed by atoms with Crippen molar-refractivity contribution in [2.75, 3.05) is 4.90 Å². The molecule has 5 heteroatoms. The second-order valence-corrected chi connectivity index (χ2v) is 11.0. The lowest BCUT2D eigenvalue weighted by atomic mass is 9.64. The van der Waals surface area contributed by atoms with Crippen molar-refractivity contribution in [1.82, 2.24) is 0 Å². The average Bonchev–Trinajstić information content (AvgIpc) is 3.40. The summed E-state index contributed by atoms with van der Waals surface area (Å²) in [5, 5.41) is 0. The van der Waals surface area contributed by atoms with E-state index in [1.165, 1.54) is 0 Å². The zero-order valence-electron chi connectivity index (χ0n) is 20.3. The summed E-state index contributed by atoms with van der Waals surface area (Å²) in [5.74, 6) is -1.24. The van der Waals surface area contributed by atoms with Gasteiger partial charge in [-0.3, -0.25) is 14.4 Å². The molecule has 4 aromatic carbocycles. The number of nitrogens with zero attached hydrogens (tertiary/aromatic N) is 1. The molecular formula is C33H22BrNO3. The van der Waals surface area contributed by atoms with Gasteiger partial charge in [-0.15, -0.1) is 0 Å². The first-order valence-corrected chi connectivity index (χ1v) is 13.4. The number of hydrogen-bond acceptors (Lipinski definition) is 4. The van der Waals surface area contributed by atoms with Gasteiger partial charge in [0.15, 0.2) is 17.3 Å². The largest absolute Gasteiger partial charge is 0.352 e. The number of rotatable bonds is 3. The third-order valence-corrected chi connectivity index (χ3v) is 8.80. The van der Waals surface area contributed by atoms with E-state index in [0.717, 1.165) is 21.3 Å². The van der Waals surface area contributed by atoms with Crippen LogP contribution in [0.4, 0.5) is 5.69 Å². The molecule has 1 spiro atoms. The quantitative estimate of drug-likeness (QED) is 0.205. The third-order valence-electron chi connectivity index (χ3n) is 8.27. The van der Waals surface area contributed by atoms with E-state index in [-0.39, 0.29) is 17.3 Å². The summed E-state index contributed by atoms with van der Waals surface area (Å²) in [6.07, 6.45) is 3.93. The summed E-state index contributed by atoms with van der Waals surface area (Å²) in [6, 6.07) is 30.4. The fourth-order valence-electron chi connectivity index (χ4n) is 6.73. The van der Waals surface area contributed by atoms with Gasteiger partial charge in [-0.25, -0.2) is 0 Å². The summed E-state index contributed by atoms with van der Waals surface area (Å²) in [6.45, 7) is 0. The van der Waals surface area contributed by atoms with Crippen LogP contribution in [0.1, 0.15) is 48.1 Å². The molecule has 1 fully saturated rings. The fourth-order valence-corrected chi connectivity index (χ4v) is 7.00. The highest BCUT2D eigenvalue weighted by atomic mass is 79.9. The number of halogens is 1. The topological polar surface area (TPSA) is 54.5 Å². The molecule has 1 saturated heterocycles. The zero-order valence-corrected chi connectivity index (χ0v) is 21.8. The third kappa shape index (κ3) is 2.99. The van der Waals surface area contributed by atoms with Gasteiger partial charge >= 0.3 is 0 Å². The van der Waals surface area contributed by atoms with E-state index in [1.54, 1.807) is 36.4 Å². The molecule has 0 unspecified atom stereocenters. The first-order chi connectivity index (χ1) is 18.5. The van der Waals surface area contributed by atoms with Crippen molar-refractivity contribution in [2.45, 2.75) is 18.0 Å². The molecule has 2 heterocycles. The van der Waals surface area contributed by atoms with Crippen LogP contribution in [0.5, 0.6) is 0 Å². The molecule has 0 amide bonds. The Balaban J connectivity index is 1.55. The molecular weight excluding hydrogens is 538 g/mol. The summed E-state index contributed by atoms with van der Waals surface area (Å²) in [4.78, 5) is 45.6. The normalized spacial score (nSPS) is 22.3. The van der Waals surface area contributed by atoms with Crippen molar-refractivity contribution < 1.29 is 14.4 Å². The number of hydrogen-bond donors (Lipinski definition) is 0. The number of benzene rings is 4. The smallest absolute Gasteiger partial charge is 0.185 e. The van der Waals surface area contributed by atoms with Crippen LogP contribution in [-0.2, 0) is 0 Å². The van der Waals surface area contributed by atoms with Crippen LogP contribution >= 0.6 is 15.9 Å². The van der Waals surface area contributed by atoms with Gasteiger partial charge in [0.05, 0.1) is 6.04 Å². The Bertz CT molecular complexity index is 1620. The predicted molar refractivity (Wildman–Crippen MR) is 151 cm³/mol. The second-order valence-electron chi connectivity index (χ2n) is 10.0. The maximum atomic E-state index is 14.6. The Labute approximate surface area is 228 Å². The van der Waals surface area contributed by atoms with E-state index in [2.05, 4.69) is 15.9 Å². The lowest BCUT2D eigenvalue weighted by molar-refractivity contribution is 0.0666. The molecule has 184 valence electrons. The van der Waals surface area contributed by atoms with E-state index >= 15 is 0 Å². The highest BCUT2D eigenvalue weighted by Gasteiger charge is 2.71. The number of anilines is 1. The Kier molecular flexibility index (Phi) is 5.14. The van der Waals surface area contributed by atoms with Crippen molar-refractivity contribution in [3.63, 3.8) is 0 Å². The van der Waals surface area contributed by atoms with Crippen molar-refractivity contribution >= 4 is 45.0 Å². The van der Waals surface area contributed by atoms with E-state index in [4.69, 9.17) is 0 Å². The molecule has 0 N–H and O–H groups in total. The van der Waals surface area contributed by atoms with Gasteiger partial charge in [0.2, 0.25) is 0 Å². The van der Waals surface area contributed by atoms with Gasteiger partial charge in [0.1, 0.15) is 11.5 Å². The standard InChI is InChI=1S/C33H22BrNO3/c34-23-17-14-21(15-18-23)28-29(30(36)22-9-2-1-3-10-22)35-26-13-7-4-8-20(26)16-19-27(35)33(28)31(37)24-11-5-6-12-25(24)32(33)38/h1-19,27-29H/t27-,28-,29+/m0/s1. The van der Waals surface area contributed by atoms with Gasteiger partial charge in [-0.05, 0) is 29.3 Å². The molecule has 0 saturated carbocycles. The minimum Gasteiger partial charge on any atom is -0.352 e. The molecule has 3 aliphatic rings. The Morgan fingerprint density at radius 2 is 1.34 bits per heavy atom. The second kappa shape index (κ2) is 8.47. The summed E-state index contributed by atoms with van der Waals surface area (Å²) in [5.41, 5.74) is 2.53. The SMILES string of the molecule is O=C(c1ccccc1)[C@H]1[C@H](c2ccc(Br)cc2)C2(C(=O)c3ccccc3C2=O)[C@@H]2C=Cc3ccccc3N21. The monoisotopic (exact) mass is 559 g/mol. The Morgan fingerprint density at radius 1 is 0.737 bits per heavy atom. The number of Topliss-reactive ketones (excluding diaryl/α,β-unsaturated/α-hetero) is 3. The molecule has 0 bridgehead atoms. The van der Waals surface area contributed by atoms with E-state index in [9.17, 15) is 14.4 Å². The van der Waals surface area contributed by atoms with Gasteiger partial charge in [0, 0.05) is 32.8 Å². The molecule has 7 rings (SSSR count). The zero-order chi connectivity index (χ0) is 26.0. The average molecular weight is 560 g/mol. The minimum atomic E-state index is -1.48. The summed E-state index contributed by atoms with van der Waals surface area (Å²) < 4.78 is 0.884. The molecule has 3 atom stereocenters. The summed E-state index contributed by atoms with van der Waals surface area (Å²) >= 11 is 3.52. The van der Waals surface area contributed by atoms with Crippen LogP contribution in [-0.4, -0.2) is 29.4 Å². The maximum Gasteiger partial charge on any atom is 0.185 e. The number of ketones is 3. The van der Waals surface area contributed by atoms with Crippen LogP contribution < -0.4 is 4.90 Å².